The number of nitrogens with one attached hydrogen (secondary N) is 2. The van der Waals surface area contributed by atoms with Crippen LogP contribution in [-0.2, 0) is 9.59 Å². The number of alkyl halides is 2. The van der Waals surface area contributed by atoms with Crippen LogP contribution in [0.3, 0.4) is 0 Å². The van der Waals surface area contributed by atoms with Crippen molar-refractivity contribution in [1.82, 2.24) is 10.6 Å². The van der Waals surface area contributed by atoms with E-state index in [-0.39, 0.29) is 43.6 Å². The lowest BCUT2D eigenvalue weighted by Gasteiger charge is -2.22. The van der Waals surface area contributed by atoms with E-state index in [1.54, 1.807) is 0 Å². The van der Waals surface area contributed by atoms with Crippen molar-refractivity contribution in [3.05, 3.63) is 0 Å². The molecule has 0 aliphatic heterocycles. The average Bonchev–Trinajstić information content (AvgIpc) is 2.43. The second kappa shape index (κ2) is 12.4. The van der Waals surface area contributed by atoms with Crippen molar-refractivity contribution in [3.63, 3.8) is 0 Å². The van der Waals surface area contributed by atoms with Crippen LogP contribution in [0.4, 0.5) is 8.78 Å². The largest absolute Gasteiger partial charge is 0.386 e. The topological polar surface area (TPSA) is 78.4 Å². The lowest BCUT2D eigenvalue weighted by molar-refractivity contribution is -0.164. The standard InChI is InChI=1S/C16H30F2N2O3.ClH/c1-11(2)5-6-13(21)16(17,18)15(23)20-10-8-14(22)19-9-7-12(3)4;/h11-13,21H,5-10H2,1-4H3,(H,19,22)(H,20,23);1H. The molecule has 0 fully saturated rings. The van der Waals surface area contributed by atoms with Crippen LogP contribution in [0, 0.1) is 11.8 Å². The van der Waals surface area contributed by atoms with E-state index in [4.69, 9.17) is 0 Å². The highest BCUT2D eigenvalue weighted by molar-refractivity contribution is 5.85. The van der Waals surface area contributed by atoms with Crippen molar-refractivity contribution >= 4 is 24.2 Å². The summed E-state index contributed by atoms with van der Waals surface area (Å²) in [6, 6.07) is 0. The van der Waals surface area contributed by atoms with Gasteiger partial charge in [-0.25, -0.2) is 0 Å². The van der Waals surface area contributed by atoms with Gasteiger partial charge in [-0.1, -0.05) is 27.7 Å². The van der Waals surface area contributed by atoms with Crippen LogP contribution < -0.4 is 10.6 Å². The molecule has 0 aromatic rings. The van der Waals surface area contributed by atoms with Gasteiger partial charge in [0.1, 0.15) is 6.10 Å². The molecule has 2 amide bonds. The third kappa shape index (κ3) is 10.8. The van der Waals surface area contributed by atoms with Gasteiger partial charge in [0.25, 0.3) is 5.91 Å². The minimum Gasteiger partial charge on any atom is -0.386 e. The van der Waals surface area contributed by atoms with Crippen molar-refractivity contribution in [2.24, 2.45) is 11.8 Å². The Morgan fingerprint density at radius 1 is 0.958 bits per heavy atom. The highest BCUT2D eigenvalue weighted by Crippen LogP contribution is 2.23. The predicted molar refractivity (Wildman–Crippen MR) is 92.4 cm³/mol. The Labute approximate surface area is 149 Å². The molecule has 144 valence electrons. The molecule has 0 heterocycles. The maximum absolute atomic E-state index is 13.7. The van der Waals surface area contributed by atoms with Gasteiger partial charge in [-0.15, -0.1) is 12.4 Å². The number of amides is 2. The molecule has 1 atom stereocenters. The Hall–Kier alpha value is -0.950. The molecule has 0 saturated heterocycles. The van der Waals surface area contributed by atoms with Crippen molar-refractivity contribution in [2.45, 2.75) is 65.4 Å². The van der Waals surface area contributed by atoms with E-state index in [1.807, 2.05) is 33.0 Å². The zero-order valence-electron chi connectivity index (χ0n) is 14.9. The molecule has 0 radical (unpaired) electrons. The molecule has 0 aromatic carbocycles. The molecule has 0 aliphatic rings. The highest BCUT2D eigenvalue weighted by atomic mass is 35.5. The summed E-state index contributed by atoms with van der Waals surface area (Å²) < 4.78 is 27.4. The van der Waals surface area contributed by atoms with Gasteiger partial charge in [0.15, 0.2) is 0 Å². The number of carbonyl (C=O) groups excluding carboxylic acids is 2. The third-order valence-electron chi connectivity index (χ3n) is 3.42. The summed E-state index contributed by atoms with van der Waals surface area (Å²) in [5, 5.41) is 14.1. The summed E-state index contributed by atoms with van der Waals surface area (Å²) in [5.74, 6) is -5.05. The zero-order chi connectivity index (χ0) is 18.0. The number of carbonyl (C=O) groups is 2. The first-order valence-corrected chi connectivity index (χ1v) is 8.18. The maximum atomic E-state index is 13.7. The fraction of sp³-hybridized carbons (Fsp3) is 0.875. The normalized spacial score (nSPS) is 12.7. The molecule has 24 heavy (non-hydrogen) atoms. The van der Waals surface area contributed by atoms with E-state index >= 15 is 0 Å². The number of hydrogen-bond acceptors (Lipinski definition) is 3. The Bertz CT molecular complexity index is 380. The van der Waals surface area contributed by atoms with E-state index in [1.165, 1.54) is 0 Å². The van der Waals surface area contributed by atoms with Crippen molar-refractivity contribution < 1.29 is 23.5 Å². The zero-order valence-corrected chi connectivity index (χ0v) is 15.7. The molecule has 5 nitrogen and oxygen atoms in total. The number of rotatable bonds is 11. The summed E-state index contributed by atoms with van der Waals surface area (Å²) in [6.07, 6.45) is -0.985. The number of hydrogen-bond donors (Lipinski definition) is 3. The van der Waals surface area contributed by atoms with Gasteiger partial charge < -0.3 is 15.7 Å². The fourth-order valence-corrected chi connectivity index (χ4v) is 1.82. The molecule has 0 saturated carbocycles. The summed E-state index contributed by atoms with van der Waals surface area (Å²) in [6.45, 7) is 8.09. The van der Waals surface area contributed by atoms with E-state index in [0.29, 0.717) is 18.9 Å². The minimum absolute atomic E-state index is 0. The van der Waals surface area contributed by atoms with E-state index in [9.17, 15) is 23.5 Å². The van der Waals surface area contributed by atoms with Gasteiger partial charge in [0.05, 0.1) is 0 Å². The van der Waals surface area contributed by atoms with Crippen LogP contribution in [0.2, 0.25) is 0 Å². The first kappa shape index (κ1) is 25.3. The molecular weight excluding hydrogens is 342 g/mol. The van der Waals surface area contributed by atoms with Crippen molar-refractivity contribution in [2.75, 3.05) is 13.1 Å². The van der Waals surface area contributed by atoms with E-state index < -0.39 is 17.9 Å². The van der Waals surface area contributed by atoms with Crippen LogP contribution in [0.1, 0.15) is 53.4 Å². The third-order valence-corrected chi connectivity index (χ3v) is 3.42. The molecule has 0 aliphatic carbocycles. The molecule has 8 heteroatoms. The van der Waals surface area contributed by atoms with E-state index in [0.717, 1.165) is 6.42 Å². The quantitative estimate of drug-likeness (QED) is 0.521. The molecule has 0 aromatic heterocycles. The number of aliphatic hydroxyl groups excluding tert-OH is 1. The molecule has 0 bridgehead atoms. The second-order valence-corrected chi connectivity index (χ2v) is 6.65. The molecular formula is C16H31ClF2N2O3. The Morgan fingerprint density at radius 2 is 1.50 bits per heavy atom. The summed E-state index contributed by atoms with van der Waals surface area (Å²) in [7, 11) is 0. The van der Waals surface area contributed by atoms with Crippen molar-refractivity contribution in [1.29, 1.82) is 0 Å². The summed E-state index contributed by atoms with van der Waals surface area (Å²) in [4.78, 5) is 23.0. The smallest absolute Gasteiger partial charge is 0.349 e. The molecule has 3 N–H and O–H groups in total. The number of aliphatic hydroxyl groups is 1. The van der Waals surface area contributed by atoms with Gasteiger partial charge in [-0.2, -0.15) is 8.78 Å². The van der Waals surface area contributed by atoms with Crippen LogP contribution in [-0.4, -0.2) is 42.0 Å². The Kier molecular flexibility index (Phi) is 13.1. The lowest BCUT2D eigenvalue weighted by atomic mass is 10.0. The summed E-state index contributed by atoms with van der Waals surface area (Å²) >= 11 is 0. The first-order chi connectivity index (χ1) is 10.6. The van der Waals surface area contributed by atoms with Gasteiger partial charge >= 0.3 is 5.92 Å². The average molecular weight is 373 g/mol. The molecule has 0 rings (SSSR count). The maximum Gasteiger partial charge on any atom is 0.349 e. The van der Waals surface area contributed by atoms with Gasteiger partial charge in [-0.3, -0.25) is 9.59 Å². The highest BCUT2D eigenvalue weighted by Gasteiger charge is 2.45. The Balaban J connectivity index is 0. The summed E-state index contributed by atoms with van der Waals surface area (Å²) in [5.41, 5.74) is 0. The Morgan fingerprint density at radius 3 is 2.00 bits per heavy atom. The van der Waals surface area contributed by atoms with Gasteiger partial charge in [-0.05, 0) is 31.1 Å². The predicted octanol–water partition coefficient (Wildman–Crippen LogP) is 2.51. The lowest BCUT2D eigenvalue weighted by Crippen LogP contribution is -2.49. The number of halogens is 3. The van der Waals surface area contributed by atoms with Crippen LogP contribution in [0.25, 0.3) is 0 Å². The van der Waals surface area contributed by atoms with Gasteiger partial charge in [0, 0.05) is 19.5 Å². The van der Waals surface area contributed by atoms with E-state index in [2.05, 4.69) is 5.32 Å². The van der Waals surface area contributed by atoms with Gasteiger partial charge in [0.2, 0.25) is 5.91 Å². The van der Waals surface area contributed by atoms with Crippen molar-refractivity contribution in [3.8, 4) is 0 Å². The molecule has 0 spiro atoms. The first-order valence-electron chi connectivity index (χ1n) is 8.18. The SMILES string of the molecule is CC(C)CCNC(=O)CCNC(=O)C(F)(F)C(O)CCC(C)C.Cl. The van der Waals surface area contributed by atoms with Crippen LogP contribution in [0.5, 0.6) is 0 Å². The second-order valence-electron chi connectivity index (χ2n) is 6.65. The monoisotopic (exact) mass is 372 g/mol. The minimum atomic E-state index is -3.84. The van der Waals surface area contributed by atoms with Crippen LogP contribution >= 0.6 is 12.4 Å². The fourth-order valence-electron chi connectivity index (χ4n) is 1.82. The molecule has 1 unspecified atom stereocenters. The van der Waals surface area contributed by atoms with Crippen LogP contribution in [0.15, 0.2) is 0 Å².